The molecular weight excluding hydrogens is 268 g/mol. The first-order valence-corrected chi connectivity index (χ1v) is 6.99. The van der Waals surface area contributed by atoms with Crippen LogP contribution >= 0.6 is 0 Å². The molecule has 3 heterocycles. The van der Waals surface area contributed by atoms with Gasteiger partial charge >= 0.3 is 0 Å². The highest BCUT2D eigenvalue weighted by Crippen LogP contribution is 2.19. The Morgan fingerprint density at radius 1 is 1.14 bits per heavy atom. The lowest BCUT2D eigenvalue weighted by molar-refractivity contribution is 0.397. The fourth-order valence-electron chi connectivity index (χ4n) is 2.42. The topological polar surface area (TPSA) is 76.1 Å². The van der Waals surface area contributed by atoms with Crippen molar-refractivity contribution in [2.45, 2.75) is 18.9 Å². The average Bonchev–Trinajstić information content (AvgIpc) is 2.56. The molecule has 110 valence electrons. The van der Waals surface area contributed by atoms with Crippen molar-refractivity contribution in [2.24, 2.45) is 0 Å². The second-order valence-electron chi connectivity index (χ2n) is 4.90. The lowest BCUT2D eigenvalue weighted by Gasteiger charge is -2.32. The number of hydrogen-bond acceptors (Lipinski definition) is 7. The summed E-state index contributed by atoms with van der Waals surface area (Å²) in [5.41, 5.74) is 0. The standard InChI is InChI=1S/C14H18N6O/c1-21-13-9-12(17-10-18-13)19-11-3-7-20(8-4-11)14-15-5-2-6-16-14/h2,5-6,9-11H,3-4,7-8H2,1H3,(H,17,18,19). The SMILES string of the molecule is COc1cc(NC2CCN(c3ncccn3)CC2)ncn1. The quantitative estimate of drug-likeness (QED) is 0.909. The summed E-state index contributed by atoms with van der Waals surface area (Å²) >= 11 is 0. The fraction of sp³-hybridized carbons (Fsp3) is 0.429. The van der Waals surface area contributed by atoms with Crippen LogP contribution in [-0.2, 0) is 0 Å². The summed E-state index contributed by atoms with van der Waals surface area (Å²) in [5.74, 6) is 2.18. The van der Waals surface area contributed by atoms with Crippen LogP contribution in [0.3, 0.4) is 0 Å². The van der Waals surface area contributed by atoms with Gasteiger partial charge in [0.25, 0.3) is 0 Å². The van der Waals surface area contributed by atoms with E-state index in [1.807, 2.05) is 12.1 Å². The molecule has 0 aromatic carbocycles. The number of aromatic nitrogens is 4. The van der Waals surface area contributed by atoms with Gasteiger partial charge in [0.1, 0.15) is 12.1 Å². The first kappa shape index (κ1) is 13.5. The van der Waals surface area contributed by atoms with E-state index in [1.165, 1.54) is 6.33 Å². The van der Waals surface area contributed by atoms with Gasteiger partial charge in [-0.25, -0.2) is 19.9 Å². The molecule has 7 nitrogen and oxygen atoms in total. The van der Waals surface area contributed by atoms with Crippen LogP contribution in [0.5, 0.6) is 5.88 Å². The maximum Gasteiger partial charge on any atom is 0.225 e. The molecule has 0 aliphatic carbocycles. The minimum Gasteiger partial charge on any atom is -0.481 e. The molecule has 2 aromatic heterocycles. The number of rotatable bonds is 4. The Morgan fingerprint density at radius 3 is 2.62 bits per heavy atom. The molecule has 0 saturated carbocycles. The smallest absolute Gasteiger partial charge is 0.225 e. The third-order valence-corrected chi connectivity index (χ3v) is 3.53. The molecule has 1 aliphatic rings. The Balaban J connectivity index is 1.56. The van der Waals surface area contributed by atoms with E-state index < -0.39 is 0 Å². The summed E-state index contributed by atoms with van der Waals surface area (Å²) in [7, 11) is 1.60. The third kappa shape index (κ3) is 3.36. The maximum absolute atomic E-state index is 5.10. The number of ether oxygens (including phenoxy) is 1. The molecule has 1 saturated heterocycles. The zero-order chi connectivity index (χ0) is 14.5. The highest BCUT2D eigenvalue weighted by molar-refractivity contribution is 5.39. The second kappa shape index (κ2) is 6.34. The molecule has 1 aliphatic heterocycles. The van der Waals surface area contributed by atoms with Crippen LogP contribution in [0.1, 0.15) is 12.8 Å². The molecular formula is C14H18N6O. The summed E-state index contributed by atoms with van der Waals surface area (Å²) in [6, 6.07) is 4.04. The number of nitrogens with zero attached hydrogens (tertiary/aromatic N) is 5. The predicted molar refractivity (Wildman–Crippen MR) is 79.5 cm³/mol. The van der Waals surface area contributed by atoms with Crippen molar-refractivity contribution in [3.63, 3.8) is 0 Å². The summed E-state index contributed by atoms with van der Waals surface area (Å²) in [6.07, 6.45) is 7.10. The van der Waals surface area contributed by atoms with Crippen LogP contribution in [0.25, 0.3) is 0 Å². The molecule has 0 atom stereocenters. The monoisotopic (exact) mass is 286 g/mol. The number of anilines is 2. The molecule has 2 aromatic rings. The van der Waals surface area contributed by atoms with Gasteiger partial charge in [0.05, 0.1) is 7.11 Å². The highest BCUT2D eigenvalue weighted by atomic mass is 16.5. The number of piperidine rings is 1. The van der Waals surface area contributed by atoms with E-state index in [0.717, 1.165) is 37.7 Å². The van der Waals surface area contributed by atoms with Gasteiger partial charge < -0.3 is 15.0 Å². The number of hydrogen-bond donors (Lipinski definition) is 1. The maximum atomic E-state index is 5.10. The van der Waals surface area contributed by atoms with Gasteiger partial charge in [-0.15, -0.1) is 0 Å². The van der Waals surface area contributed by atoms with Crippen LogP contribution in [0, 0.1) is 0 Å². The van der Waals surface area contributed by atoms with Crippen LogP contribution < -0.4 is 15.0 Å². The van der Waals surface area contributed by atoms with Crippen LogP contribution in [-0.4, -0.2) is 46.2 Å². The molecule has 0 bridgehead atoms. The van der Waals surface area contributed by atoms with E-state index >= 15 is 0 Å². The van der Waals surface area contributed by atoms with Gasteiger partial charge in [-0.1, -0.05) is 0 Å². The number of methoxy groups -OCH3 is 1. The first-order chi connectivity index (χ1) is 10.3. The van der Waals surface area contributed by atoms with Gasteiger partial charge in [0.15, 0.2) is 0 Å². The van der Waals surface area contributed by atoms with Gasteiger partial charge in [0.2, 0.25) is 11.8 Å². The van der Waals surface area contributed by atoms with Gasteiger partial charge in [-0.2, -0.15) is 0 Å². The molecule has 21 heavy (non-hydrogen) atoms. The summed E-state index contributed by atoms with van der Waals surface area (Å²) in [6.45, 7) is 1.87. The molecule has 3 rings (SSSR count). The Morgan fingerprint density at radius 2 is 1.90 bits per heavy atom. The van der Waals surface area contributed by atoms with Crippen LogP contribution in [0.4, 0.5) is 11.8 Å². The number of nitrogens with one attached hydrogen (secondary N) is 1. The van der Waals surface area contributed by atoms with E-state index in [-0.39, 0.29) is 0 Å². The van der Waals surface area contributed by atoms with Crippen molar-refractivity contribution in [3.05, 3.63) is 30.9 Å². The summed E-state index contributed by atoms with van der Waals surface area (Å²) in [4.78, 5) is 19.0. The lowest BCUT2D eigenvalue weighted by Crippen LogP contribution is -2.40. The van der Waals surface area contributed by atoms with Crippen molar-refractivity contribution in [3.8, 4) is 5.88 Å². The Bertz CT molecular complexity index is 571. The van der Waals surface area contributed by atoms with Crippen LogP contribution in [0.15, 0.2) is 30.9 Å². The van der Waals surface area contributed by atoms with Crippen LogP contribution in [0.2, 0.25) is 0 Å². The third-order valence-electron chi connectivity index (χ3n) is 3.53. The normalized spacial score (nSPS) is 15.8. The summed E-state index contributed by atoms with van der Waals surface area (Å²) < 4.78 is 5.10. The van der Waals surface area contributed by atoms with Crippen molar-refractivity contribution in [1.82, 2.24) is 19.9 Å². The predicted octanol–water partition coefficient (Wildman–Crippen LogP) is 1.36. The Kier molecular flexibility index (Phi) is 4.09. The Hall–Kier alpha value is -2.44. The van der Waals surface area contributed by atoms with Gasteiger partial charge in [-0.3, -0.25) is 0 Å². The Labute approximate surface area is 123 Å². The minimum atomic E-state index is 0.393. The summed E-state index contributed by atoms with van der Waals surface area (Å²) in [5, 5.41) is 3.43. The molecule has 0 amide bonds. The highest BCUT2D eigenvalue weighted by Gasteiger charge is 2.21. The average molecular weight is 286 g/mol. The van der Waals surface area contributed by atoms with Crippen molar-refractivity contribution in [1.29, 1.82) is 0 Å². The zero-order valence-corrected chi connectivity index (χ0v) is 11.9. The largest absolute Gasteiger partial charge is 0.481 e. The van der Waals surface area contributed by atoms with E-state index in [1.54, 1.807) is 19.5 Å². The molecule has 7 heteroatoms. The minimum absolute atomic E-state index is 0.393. The lowest BCUT2D eigenvalue weighted by atomic mass is 10.1. The zero-order valence-electron chi connectivity index (χ0n) is 11.9. The van der Waals surface area contributed by atoms with Crippen molar-refractivity contribution < 1.29 is 4.74 Å². The fourth-order valence-corrected chi connectivity index (χ4v) is 2.42. The molecule has 0 unspecified atom stereocenters. The van der Waals surface area contributed by atoms with E-state index in [4.69, 9.17) is 4.74 Å². The molecule has 0 radical (unpaired) electrons. The molecule has 1 N–H and O–H groups in total. The van der Waals surface area contributed by atoms with E-state index in [9.17, 15) is 0 Å². The molecule has 0 spiro atoms. The molecule has 1 fully saturated rings. The van der Waals surface area contributed by atoms with Crippen molar-refractivity contribution in [2.75, 3.05) is 30.4 Å². The second-order valence-corrected chi connectivity index (χ2v) is 4.90. The van der Waals surface area contributed by atoms with E-state index in [2.05, 4.69) is 30.2 Å². The van der Waals surface area contributed by atoms with Gasteiger partial charge in [0, 0.05) is 37.6 Å². The van der Waals surface area contributed by atoms with Gasteiger partial charge in [-0.05, 0) is 18.9 Å². The first-order valence-electron chi connectivity index (χ1n) is 6.99. The van der Waals surface area contributed by atoms with E-state index in [0.29, 0.717) is 11.9 Å². The van der Waals surface area contributed by atoms with Crippen molar-refractivity contribution >= 4 is 11.8 Å².